The van der Waals surface area contributed by atoms with Crippen molar-refractivity contribution in [3.63, 3.8) is 0 Å². The van der Waals surface area contributed by atoms with Crippen LogP contribution in [-0.2, 0) is 24.4 Å². The van der Waals surface area contributed by atoms with E-state index in [1.165, 1.54) is 6.92 Å². The molecular formula is C21H20N4O3. The average molecular weight is 376 g/mol. The Morgan fingerprint density at radius 1 is 1.18 bits per heavy atom. The number of aryl methyl sites for hydroxylation is 1. The van der Waals surface area contributed by atoms with Gasteiger partial charge in [-0.3, -0.25) is 14.3 Å². The Morgan fingerprint density at radius 3 is 2.64 bits per heavy atom. The predicted molar refractivity (Wildman–Crippen MR) is 102 cm³/mol. The van der Waals surface area contributed by atoms with Crippen molar-refractivity contribution < 1.29 is 14.3 Å². The molecular weight excluding hydrogens is 356 g/mol. The Hall–Kier alpha value is -3.48. The van der Waals surface area contributed by atoms with Gasteiger partial charge in [-0.05, 0) is 29.7 Å². The van der Waals surface area contributed by atoms with E-state index in [1.807, 2.05) is 48.3 Å². The largest absolute Gasteiger partial charge is 0.407 e. The van der Waals surface area contributed by atoms with Gasteiger partial charge in [0.15, 0.2) is 0 Å². The van der Waals surface area contributed by atoms with Crippen molar-refractivity contribution >= 4 is 11.9 Å². The number of hydrogen-bond donors (Lipinski definition) is 0. The van der Waals surface area contributed by atoms with E-state index in [0.717, 1.165) is 28.8 Å². The van der Waals surface area contributed by atoms with Crippen LogP contribution in [0.3, 0.4) is 0 Å². The highest BCUT2D eigenvalue weighted by molar-refractivity contribution is 6.00. The molecule has 0 spiro atoms. The van der Waals surface area contributed by atoms with Crippen LogP contribution in [0.2, 0.25) is 0 Å². The molecule has 2 aromatic heterocycles. The number of benzene rings is 1. The fraction of sp³-hybridized carbons (Fsp3) is 0.238. The van der Waals surface area contributed by atoms with E-state index in [2.05, 4.69) is 10.1 Å². The topological polar surface area (TPSA) is 77.3 Å². The first-order chi connectivity index (χ1) is 13.5. The molecule has 0 atom stereocenters. The Bertz CT molecular complexity index is 1040. The molecule has 4 rings (SSSR count). The van der Waals surface area contributed by atoms with Crippen molar-refractivity contribution in [3.8, 4) is 17.0 Å². The highest BCUT2D eigenvalue weighted by Crippen LogP contribution is 2.30. The van der Waals surface area contributed by atoms with E-state index in [0.29, 0.717) is 18.7 Å². The summed E-state index contributed by atoms with van der Waals surface area (Å²) in [6.07, 6.45) is 5.42. The highest BCUT2D eigenvalue weighted by Gasteiger charge is 2.32. The van der Waals surface area contributed by atoms with Crippen LogP contribution in [-0.4, -0.2) is 31.5 Å². The van der Waals surface area contributed by atoms with Crippen molar-refractivity contribution in [2.75, 3.05) is 0 Å². The minimum atomic E-state index is -0.492. The van der Waals surface area contributed by atoms with Crippen molar-refractivity contribution in [2.24, 2.45) is 0 Å². The molecule has 1 aromatic carbocycles. The average Bonchev–Trinajstić information content (AvgIpc) is 3.28. The zero-order valence-electron chi connectivity index (χ0n) is 15.8. The molecule has 0 fully saturated rings. The van der Waals surface area contributed by atoms with Gasteiger partial charge in [0.2, 0.25) is 5.88 Å². The quantitative estimate of drug-likeness (QED) is 0.640. The second kappa shape index (κ2) is 7.26. The number of amides is 1. The lowest BCUT2D eigenvalue weighted by Crippen LogP contribution is -2.23. The maximum atomic E-state index is 12.8. The summed E-state index contributed by atoms with van der Waals surface area (Å²) in [5, 5.41) is 4.30. The molecule has 7 nitrogen and oxygen atoms in total. The van der Waals surface area contributed by atoms with Crippen LogP contribution >= 0.6 is 0 Å². The predicted octanol–water partition coefficient (Wildman–Crippen LogP) is 3.05. The number of rotatable bonds is 5. The van der Waals surface area contributed by atoms with E-state index in [-0.39, 0.29) is 11.8 Å². The summed E-state index contributed by atoms with van der Waals surface area (Å²) in [5.74, 6) is -0.581. The zero-order valence-corrected chi connectivity index (χ0v) is 15.8. The van der Waals surface area contributed by atoms with Gasteiger partial charge in [0, 0.05) is 44.5 Å². The fourth-order valence-electron chi connectivity index (χ4n) is 3.33. The third kappa shape index (κ3) is 3.38. The Morgan fingerprint density at radius 2 is 1.96 bits per heavy atom. The molecule has 0 unspecified atom stereocenters. The number of hydrogen-bond acceptors (Lipinski definition) is 5. The van der Waals surface area contributed by atoms with Gasteiger partial charge in [-0.2, -0.15) is 5.10 Å². The summed E-state index contributed by atoms with van der Waals surface area (Å²) in [7, 11) is 0. The van der Waals surface area contributed by atoms with Gasteiger partial charge >= 0.3 is 5.97 Å². The van der Waals surface area contributed by atoms with Gasteiger partial charge in [0.25, 0.3) is 5.91 Å². The number of aromatic nitrogens is 3. The molecule has 0 saturated heterocycles. The van der Waals surface area contributed by atoms with Gasteiger partial charge in [-0.1, -0.05) is 24.3 Å². The molecule has 142 valence electrons. The SMILES string of the molecule is CCn1cc(-c2ccc(CN3Cc4ccnc(OC(C)=O)c4C3=O)cc2)cn1. The number of pyridine rings is 1. The van der Waals surface area contributed by atoms with E-state index in [4.69, 9.17) is 4.74 Å². The van der Waals surface area contributed by atoms with Crippen LogP contribution in [0.25, 0.3) is 11.1 Å². The number of carbonyl (C=O) groups is 2. The first-order valence-electron chi connectivity index (χ1n) is 9.12. The summed E-state index contributed by atoms with van der Waals surface area (Å²) < 4.78 is 6.98. The van der Waals surface area contributed by atoms with E-state index < -0.39 is 5.97 Å². The van der Waals surface area contributed by atoms with Gasteiger partial charge in [0.05, 0.1) is 6.20 Å². The molecule has 0 aliphatic carbocycles. The number of nitrogens with zero attached hydrogens (tertiary/aromatic N) is 4. The molecule has 28 heavy (non-hydrogen) atoms. The summed E-state index contributed by atoms with van der Waals surface area (Å²) >= 11 is 0. The van der Waals surface area contributed by atoms with Crippen molar-refractivity contribution in [1.29, 1.82) is 0 Å². The summed E-state index contributed by atoms with van der Waals surface area (Å²) in [6.45, 7) is 5.12. The Balaban J connectivity index is 1.50. The van der Waals surface area contributed by atoms with E-state index in [9.17, 15) is 9.59 Å². The van der Waals surface area contributed by atoms with Crippen LogP contribution in [0, 0.1) is 0 Å². The molecule has 0 radical (unpaired) electrons. The van der Waals surface area contributed by atoms with Crippen LogP contribution in [0.1, 0.15) is 35.3 Å². The van der Waals surface area contributed by atoms with Crippen molar-refractivity contribution in [3.05, 3.63) is 65.6 Å². The zero-order chi connectivity index (χ0) is 19.7. The van der Waals surface area contributed by atoms with Crippen molar-refractivity contribution in [2.45, 2.75) is 33.5 Å². The van der Waals surface area contributed by atoms with E-state index in [1.54, 1.807) is 17.2 Å². The first-order valence-corrected chi connectivity index (χ1v) is 9.12. The molecule has 0 N–H and O–H groups in total. The molecule has 3 aromatic rings. The summed E-state index contributed by atoms with van der Waals surface area (Å²) in [4.78, 5) is 29.8. The lowest BCUT2D eigenvalue weighted by atomic mass is 10.1. The number of esters is 1. The molecule has 1 aliphatic heterocycles. The van der Waals surface area contributed by atoms with Crippen LogP contribution in [0.15, 0.2) is 48.9 Å². The van der Waals surface area contributed by atoms with Crippen LogP contribution in [0.4, 0.5) is 0 Å². The second-order valence-corrected chi connectivity index (χ2v) is 6.69. The minimum absolute atomic E-state index is 0.0841. The number of fused-ring (bicyclic) bond motifs is 1. The summed E-state index contributed by atoms with van der Waals surface area (Å²) in [5.41, 5.74) is 4.37. The Kier molecular flexibility index (Phi) is 4.65. The third-order valence-corrected chi connectivity index (χ3v) is 4.72. The monoisotopic (exact) mass is 376 g/mol. The first kappa shape index (κ1) is 17.9. The van der Waals surface area contributed by atoms with Crippen LogP contribution in [0.5, 0.6) is 5.88 Å². The van der Waals surface area contributed by atoms with Gasteiger partial charge in [-0.25, -0.2) is 4.98 Å². The van der Waals surface area contributed by atoms with Gasteiger partial charge in [-0.15, -0.1) is 0 Å². The summed E-state index contributed by atoms with van der Waals surface area (Å²) in [6, 6.07) is 9.88. The third-order valence-electron chi connectivity index (χ3n) is 4.72. The minimum Gasteiger partial charge on any atom is -0.407 e. The smallest absolute Gasteiger partial charge is 0.309 e. The molecule has 1 aliphatic rings. The molecule has 3 heterocycles. The number of ether oxygens (including phenoxy) is 1. The standard InChI is InChI=1S/C21H20N4O3/c1-3-25-13-18(10-23-25)16-6-4-15(5-7-16)11-24-12-17-8-9-22-20(28-14(2)26)19(17)21(24)27/h4-10,13H,3,11-12H2,1-2H3. The van der Waals surface area contributed by atoms with E-state index >= 15 is 0 Å². The van der Waals surface area contributed by atoms with Crippen molar-refractivity contribution in [1.82, 2.24) is 19.7 Å². The van der Waals surface area contributed by atoms with Crippen LogP contribution < -0.4 is 4.74 Å². The van der Waals surface area contributed by atoms with Gasteiger partial charge < -0.3 is 9.64 Å². The maximum absolute atomic E-state index is 12.8. The van der Waals surface area contributed by atoms with Gasteiger partial charge in [0.1, 0.15) is 5.56 Å². The maximum Gasteiger partial charge on any atom is 0.309 e. The lowest BCUT2D eigenvalue weighted by molar-refractivity contribution is -0.132. The number of carbonyl (C=O) groups excluding carboxylic acids is 2. The normalized spacial score (nSPS) is 12.9. The molecule has 1 amide bonds. The Labute approximate surface area is 162 Å². The fourth-order valence-corrected chi connectivity index (χ4v) is 3.33. The second-order valence-electron chi connectivity index (χ2n) is 6.69. The molecule has 0 saturated carbocycles. The highest BCUT2D eigenvalue weighted by atomic mass is 16.5. The molecule has 7 heteroatoms. The molecule has 0 bridgehead atoms. The lowest BCUT2D eigenvalue weighted by Gasteiger charge is -2.16.